The fourth-order valence-electron chi connectivity index (χ4n) is 3.72. The third-order valence-corrected chi connectivity index (χ3v) is 8.05. The number of nitrogens with zero attached hydrogens (tertiary/aromatic N) is 3. The van der Waals surface area contributed by atoms with E-state index in [2.05, 4.69) is 21.2 Å². The lowest BCUT2D eigenvalue weighted by atomic mass is 10.1. The first-order valence-electron chi connectivity index (χ1n) is 10.2. The van der Waals surface area contributed by atoms with Crippen LogP contribution in [0.15, 0.2) is 70.0 Å². The van der Waals surface area contributed by atoms with Gasteiger partial charge in [0.15, 0.2) is 0 Å². The third-order valence-electron chi connectivity index (χ3n) is 5.49. The van der Waals surface area contributed by atoms with Gasteiger partial charge in [0.25, 0.3) is 5.69 Å². The van der Waals surface area contributed by atoms with Gasteiger partial charge in [0.1, 0.15) is 0 Å². The fourth-order valence-corrected chi connectivity index (χ4v) is 5.64. The normalized spacial score (nSPS) is 15.4. The minimum atomic E-state index is -3.63. The molecule has 0 unspecified atom stereocenters. The van der Waals surface area contributed by atoms with Gasteiger partial charge >= 0.3 is 0 Å². The number of halogens is 1. The molecule has 3 aromatic rings. The number of fused-ring (bicyclic) bond motifs is 1. The van der Waals surface area contributed by atoms with Crippen LogP contribution in [0.1, 0.15) is 0 Å². The highest BCUT2D eigenvalue weighted by Gasteiger charge is 2.29. The summed E-state index contributed by atoms with van der Waals surface area (Å²) >= 11 is 3.23. The van der Waals surface area contributed by atoms with Crippen LogP contribution < -0.4 is 5.32 Å². The molecule has 0 atom stereocenters. The summed E-state index contributed by atoms with van der Waals surface area (Å²) in [5.74, 6) is -0.282. The van der Waals surface area contributed by atoms with E-state index in [0.717, 1.165) is 10.8 Å². The molecule has 0 aromatic heterocycles. The first kappa shape index (κ1) is 23.3. The van der Waals surface area contributed by atoms with Gasteiger partial charge in [-0.3, -0.25) is 19.8 Å². The Morgan fingerprint density at radius 3 is 2.36 bits per heavy atom. The number of anilines is 1. The van der Waals surface area contributed by atoms with Crippen LogP contribution in [0.4, 0.5) is 11.4 Å². The summed E-state index contributed by atoms with van der Waals surface area (Å²) in [6.45, 7) is 1.49. The number of nitro groups is 1. The van der Waals surface area contributed by atoms with Crippen molar-refractivity contribution >= 4 is 54.0 Å². The van der Waals surface area contributed by atoms with E-state index in [1.807, 2.05) is 29.2 Å². The summed E-state index contributed by atoms with van der Waals surface area (Å²) in [4.78, 5) is 24.9. The number of sulfonamides is 1. The molecule has 0 bridgehead atoms. The van der Waals surface area contributed by atoms with E-state index in [1.54, 1.807) is 18.2 Å². The highest BCUT2D eigenvalue weighted by Crippen LogP contribution is 2.27. The molecular weight excluding hydrogens is 512 g/mol. The van der Waals surface area contributed by atoms with Crippen LogP contribution in [0.5, 0.6) is 0 Å². The average Bonchev–Trinajstić information content (AvgIpc) is 2.80. The van der Waals surface area contributed by atoms with Crippen LogP contribution in [0.25, 0.3) is 10.8 Å². The number of hydrogen-bond acceptors (Lipinski definition) is 6. The van der Waals surface area contributed by atoms with Crippen molar-refractivity contribution < 1.29 is 18.1 Å². The number of carbonyl (C=O) groups is 1. The Bertz CT molecular complexity index is 1320. The van der Waals surface area contributed by atoms with Gasteiger partial charge in [-0.2, -0.15) is 4.31 Å². The van der Waals surface area contributed by atoms with Crippen LogP contribution in [-0.4, -0.2) is 61.2 Å². The van der Waals surface area contributed by atoms with Crippen LogP contribution in [0.2, 0.25) is 0 Å². The molecule has 0 saturated carbocycles. The van der Waals surface area contributed by atoms with Crippen LogP contribution in [0.3, 0.4) is 0 Å². The van der Waals surface area contributed by atoms with Crippen molar-refractivity contribution in [2.45, 2.75) is 4.90 Å². The third kappa shape index (κ3) is 5.22. The summed E-state index contributed by atoms with van der Waals surface area (Å²) in [6.07, 6.45) is 0. The van der Waals surface area contributed by atoms with Gasteiger partial charge in [0.05, 0.1) is 22.1 Å². The Labute approximate surface area is 199 Å². The maximum Gasteiger partial charge on any atom is 0.270 e. The molecule has 33 heavy (non-hydrogen) atoms. The SMILES string of the molecule is O=C(CN1CCN(S(=O)(=O)c2ccc3ccccc3c2)CC1)Nc1ccc([N+](=O)[O-])cc1Br. The number of non-ortho nitro benzene ring substituents is 1. The minimum Gasteiger partial charge on any atom is -0.324 e. The van der Waals surface area contributed by atoms with Crippen molar-refractivity contribution in [3.63, 3.8) is 0 Å². The Balaban J connectivity index is 1.35. The molecule has 172 valence electrons. The van der Waals surface area contributed by atoms with Gasteiger partial charge in [-0.25, -0.2) is 8.42 Å². The van der Waals surface area contributed by atoms with Crippen molar-refractivity contribution in [2.75, 3.05) is 38.0 Å². The number of nitro benzene ring substituents is 1. The molecule has 1 saturated heterocycles. The van der Waals surface area contributed by atoms with Crippen molar-refractivity contribution in [3.8, 4) is 0 Å². The van der Waals surface area contributed by atoms with E-state index in [-0.39, 0.29) is 36.1 Å². The second kappa shape index (κ2) is 9.56. The lowest BCUT2D eigenvalue weighted by molar-refractivity contribution is -0.384. The van der Waals surface area contributed by atoms with E-state index in [4.69, 9.17) is 0 Å². The lowest BCUT2D eigenvalue weighted by Crippen LogP contribution is -2.50. The monoisotopic (exact) mass is 532 g/mol. The second-order valence-corrected chi connectivity index (χ2v) is 10.5. The maximum atomic E-state index is 13.1. The Morgan fingerprint density at radius 1 is 1.00 bits per heavy atom. The molecule has 1 amide bonds. The molecule has 1 heterocycles. The predicted molar refractivity (Wildman–Crippen MR) is 129 cm³/mol. The van der Waals surface area contributed by atoms with Gasteiger partial charge in [0, 0.05) is 42.8 Å². The predicted octanol–water partition coefficient (Wildman–Crippen LogP) is 3.46. The largest absolute Gasteiger partial charge is 0.324 e. The molecule has 1 aliphatic heterocycles. The summed E-state index contributed by atoms with van der Waals surface area (Å²) in [7, 11) is -3.63. The number of rotatable bonds is 6. The van der Waals surface area contributed by atoms with E-state index in [0.29, 0.717) is 23.2 Å². The number of nitrogens with one attached hydrogen (secondary N) is 1. The van der Waals surface area contributed by atoms with Crippen LogP contribution in [0, 0.1) is 10.1 Å². The Morgan fingerprint density at radius 2 is 1.70 bits per heavy atom. The van der Waals surface area contributed by atoms with Gasteiger partial charge in [-0.15, -0.1) is 0 Å². The van der Waals surface area contributed by atoms with Crippen molar-refractivity contribution in [3.05, 3.63) is 75.3 Å². The maximum absolute atomic E-state index is 13.1. The standard InChI is InChI=1S/C22H21BrN4O5S/c23-20-14-18(27(29)30)6-8-21(20)24-22(28)15-25-9-11-26(12-10-25)33(31,32)19-7-5-16-3-1-2-4-17(16)13-19/h1-8,13-14H,9-12,15H2,(H,24,28). The molecule has 9 nitrogen and oxygen atoms in total. The zero-order chi connectivity index (χ0) is 23.6. The van der Waals surface area contributed by atoms with Crippen LogP contribution in [-0.2, 0) is 14.8 Å². The summed E-state index contributed by atoms with van der Waals surface area (Å²) in [5, 5.41) is 15.4. The topological polar surface area (TPSA) is 113 Å². The first-order chi connectivity index (χ1) is 15.7. The van der Waals surface area contributed by atoms with Crippen molar-refractivity contribution in [1.29, 1.82) is 0 Å². The molecule has 0 radical (unpaired) electrons. The molecule has 1 fully saturated rings. The number of amides is 1. The molecule has 1 N–H and O–H groups in total. The molecule has 0 spiro atoms. The van der Waals surface area contributed by atoms with Gasteiger partial charge in [-0.05, 0) is 44.9 Å². The second-order valence-electron chi connectivity index (χ2n) is 7.66. The van der Waals surface area contributed by atoms with E-state index in [9.17, 15) is 23.3 Å². The lowest BCUT2D eigenvalue weighted by Gasteiger charge is -2.33. The van der Waals surface area contributed by atoms with Crippen molar-refractivity contribution in [1.82, 2.24) is 9.21 Å². The highest BCUT2D eigenvalue weighted by atomic mass is 79.9. The smallest absolute Gasteiger partial charge is 0.270 e. The molecular formula is C22H21BrN4O5S. The average molecular weight is 533 g/mol. The molecule has 0 aliphatic carbocycles. The number of piperazine rings is 1. The number of carbonyl (C=O) groups excluding carboxylic acids is 1. The van der Waals surface area contributed by atoms with Gasteiger partial charge in [0.2, 0.25) is 15.9 Å². The zero-order valence-electron chi connectivity index (χ0n) is 17.5. The molecule has 1 aliphatic rings. The fraction of sp³-hybridized carbons (Fsp3) is 0.227. The first-order valence-corrected chi connectivity index (χ1v) is 12.4. The Kier molecular flexibility index (Phi) is 6.75. The number of benzene rings is 3. The minimum absolute atomic E-state index is 0.0800. The van der Waals surface area contributed by atoms with E-state index >= 15 is 0 Å². The molecule has 11 heteroatoms. The van der Waals surface area contributed by atoms with E-state index in [1.165, 1.54) is 22.5 Å². The zero-order valence-corrected chi connectivity index (χ0v) is 19.9. The molecule has 4 rings (SSSR count). The van der Waals surface area contributed by atoms with Crippen molar-refractivity contribution in [2.24, 2.45) is 0 Å². The van der Waals surface area contributed by atoms with Gasteiger partial charge in [-0.1, -0.05) is 30.3 Å². The van der Waals surface area contributed by atoms with Gasteiger partial charge < -0.3 is 5.32 Å². The van der Waals surface area contributed by atoms with Crippen LogP contribution >= 0.6 is 15.9 Å². The quantitative estimate of drug-likeness (QED) is 0.384. The Hall–Kier alpha value is -2.86. The van der Waals surface area contributed by atoms with E-state index < -0.39 is 14.9 Å². The molecule has 3 aromatic carbocycles. The summed E-state index contributed by atoms with van der Waals surface area (Å²) in [5.41, 5.74) is 0.353. The highest BCUT2D eigenvalue weighted by molar-refractivity contribution is 9.10. The summed E-state index contributed by atoms with van der Waals surface area (Å²) in [6, 6.07) is 16.8. The number of hydrogen-bond donors (Lipinski definition) is 1. The summed E-state index contributed by atoms with van der Waals surface area (Å²) < 4.78 is 28.0.